The largest absolute Gasteiger partial charge is 0.453 e. The molecule has 0 aromatic carbocycles. The Morgan fingerprint density at radius 1 is 1.56 bits per heavy atom. The van der Waals surface area contributed by atoms with Crippen LogP contribution in [0.4, 0.5) is 0 Å². The summed E-state index contributed by atoms with van der Waals surface area (Å²) in [5.41, 5.74) is 3.28. The Bertz CT molecular complexity index is 518. The van der Waals surface area contributed by atoms with Crippen molar-refractivity contribution >= 4 is 11.6 Å². The Kier molecular flexibility index (Phi) is 4.09. The zero-order valence-electron chi connectivity index (χ0n) is 10.9. The molecule has 5 heteroatoms. The second-order valence-corrected chi connectivity index (χ2v) is 4.64. The molecule has 2 rings (SSSR count). The van der Waals surface area contributed by atoms with Gasteiger partial charge in [-0.15, -0.1) is 0 Å². The first-order chi connectivity index (χ1) is 8.65. The van der Waals surface area contributed by atoms with Crippen LogP contribution in [0, 0.1) is 0 Å². The zero-order chi connectivity index (χ0) is 13.1. The Hall–Kier alpha value is -1.26. The summed E-state index contributed by atoms with van der Waals surface area (Å²) in [6, 6.07) is 4.18. The van der Waals surface area contributed by atoms with Gasteiger partial charge in [0.25, 0.3) is 0 Å². The molecule has 2 aromatic rings. The van der Waals surface area contributed by atoms with E-state index in [1.165, 1.54) is 5.69 Å². The Morgan fingerprint density at radius 3 is 2.83 bits per heavy atom. The molecule has 0 radical (unpaired) electrons. The summed E-state index contributed by atoms with van der Waals surface area (Å²) in [7, 11) is 3.89. The summed E-state index contributed by atoms with van der Waals surface area (Å²) in [6.07, 6.45) is 3.40. The molecule has 4 nitrogen and oxygen atoms in total. The number of aromatic nitrogens is 2. The third-order valence-corrected chi connectivity index (χ3v) is 3.48. The molecule has 18 heavy (non-hydrogen) atoms. The lowest BCUT2D eigenvalue weighted by Gasteiger charge is -2.14. The van der Waals surface area contributed by atoms with Crippen molar-refractivity contribution in [3.05, 3.63) is 40.6 Å². The first-order valence-electron chi connectivity index (χ1n) is 6.07. The van der Waals surface area contributed by atoms with E-state index in [0.717, 1.165) is 24.1 Å². The molecule has 98 valence electrons. The van der Waals surface area contributed by atoms with Crippen LogP contribution >= 0.6 is 11.6 Å². The van der Waals surface area contributed by atoms with Crippen molar-refractivity contribution in [1.82, 2.24) is 15.1 Å². The van der Waals surface area contributed by atoms with E-state index in [-0.39, 0.29) is 6.04 Å². The predicted molar refractivity (Wildman–Crippen MR) is 71.8 cm³/mol. The average molecular weight is 268 g/mol. The van der Waals surface area contributed by atoms with E-state index in [4.69, 9.17) is 16.0 Å². The number of hydrogen-bond acceptors (Lipinski definition) is 3. The highest BCUT2D eigenvalue weighted by molar-refractivity contribution is 6.29. The van der Waals surface area contributed by atoms with Gasteiger partial charge >= 0.3 is 0 Å². The molecule has 0 saturated carbocycles. The van der Waals surface area contributed by atoms with Crippen LogP contribution in [0.25, 0.3) is 0 Å². The highest BCUT2D eigenvalue weighted by Crippen LogP contribution is 2.26. The lowest BCUT2D eigenvalue weighted by molar-refractivity contribution is 0.533. The van der Waals surface area contributed by atoms with Gasteiger partial charge in [0.15, 0.2) is 5.22 Å². The third kappa shape index (κ3) is 2.60. The first-order valence-corrected chi connectivity index (χ1v) is 6.45. The number of hydrogen-bond donors (Lipinski definition) is 1. The van der Waals surface area contributed by atoms with Crippen LogP contribution < -0.4 is 5.32 Å². The van der Waals surface area contributed by atoms with Crippen molar-refractivity contribution in [3.8, 4) is 0 Å². The summed E-state index contributed by atoms with van der Waals surface area (Å²) >= 11 is 6.02. The SMILES string of the molecule is CCc1cc(CC(NC)c2ccoc2Cl)n(C)n1. The molecule has 1 unspecified atom stereocenters. The minimum absolute atomic E-state index is 0.136. The number of nitrogens with one attached hydrogen (secondary N) is 1. The van der Waals surface area contributed by atoms with Crippen molar-refractivity contribution < 1.29 is 4.42 Å². The van der Waals surface area contributed by atoms with E-state index in [1.807, 2.05) is 24.8 Å². The topological polar surface area (TPSA) is 43.0 Å². The Morgan fingerprint density at radius 2 is 2.33 bits per heavy atom. The third-order valence-electron chi connectivity index (χ3n) is 3.17. The molecule has 0 aliphatic carbocycles. The summed E-state index contributed by atoms with van der Waals surface area (Å²) in [5.74, 6) is 0. The van der Waals surface area contributed by atoms with Crippen LogP contribution in [0.15, 0.2) is 22.8 Å². The molecule has 2 aromatic heterocycles. The van der Waals surface area contributed by atoms with Gasteiger partial charge < -0.3 is 9.73 Å². The van der Waals surface area contributed by atoms with Gasteiger partial charge in [0.05, 0.1) is 12.0 Å². The summed E-state index contributed by atoms with van der Waals surface area (Å²) < 4.78 is 7.07. The smallest absolute Gasteiger partial charge is 0.197 e. The molecule has 0 fully saturated rings. The van der Waals surface area contributed by atoms with E-state index >= 15 is 0 Å². The molecule has 0 saturated heterocycles. The fourth-order valence-electron chi connectivity index (χ4n) is 2.07. The van der Waals surface area contributed by atoms with Crippen molar-refractivity contribution in [2.24, 2.45) is 7.05 Å². The van der Waals surface area contributed by atoms with E-state index < -0.39 is 0 Å². The molecule has 1 atom stereocenters. The van der Waals surface area contributed by atoms with Gasteiger partial charge in [0.1, 0.15) is 0 Å². The number of likely N-dealkylation sites (N-methyl/N-ethyl adjacent to an activating group) is 1. The first kappa shape index (κ1) is 13.2. The summed E-state index contributed by atoms with van der Waals surface area (Å²) in [4.78, 5) is 0. The van der Waals surface area contributed by atoms with Crippen LogP contribution in [-0.4, -0.2) is 16.8 Å². The molecule has 0 bridgehead atoms. The molecule has 0 aliphatic heterocycles. The van der Waals surface area contributed by atoms with E-state index in [0.29, 0.717) is 5.22 Å². The molecule has 2 heterocycles. The summed E-state index contributed by atoms with van der Waals surface area (Å²) in [5, 5.41) is 8.17. The molecule has 1 N–H and O–H groups in total. The second kappa shape index (κ2) is 5.59. The van der Waals surface area contributed by atoms with Gasteiger partial charge in [-0.25, -0.2) is 0 Å². The standard InChI is InChI=1S/C13H18ClN3O/c1-4-9-7-10(17(3)16-9)8-12(15-2)11-5-6-18-13(11)14/h5-7,12,15H,4,8H2,1-3H3. The predicted octanol–water partition coefficient (Wildman–Crippen LogP) is 2.73. The molecular weight excluding hydrogens is 250 g/mol. The van der Waals surface area contributed by atoms with Crippen molar-refractivity contribution in [2.75, 3.05) is 7.05 Å². The van der Waals surface area contributed by atoms with Crippen LogP contribution in [0.3, 0.4) is 0 Å². The molecule has 0 spiro atoms. The Labute approximate surface area is 112 Å². The minimum Gasteiger partial charge on any atom is -0.453 e. The van der Waals surface area contributed by atoms with Gasteiger partial charge in [-0.3, -0.25) is 4.68 Å². The van der Waals surface area contributed by atoms with E-state index in [2.05, 4.69) is 23.4 Å². The Balaban J connectivity index is 2.20. The van der Waals surface area contributed by atoms with Gasteiger partial charge in [-0.1, -0.05) is 6.92 Å². The highest BCUT2D eigenvalue weighted by atomic mass is 35.5. The number of rotatable bonds is 5. The van der Waals surface area contributed by atoms with Crippen molar-refractivity contribution in [1.29, 1.82) is 0 Å². The van der Waals surface area contributed by atoms with Gasteiger partial charge in [-0.2, -0.15) is 5.10 Å². The lowest BCUT2D eigenvalue weighted by Crippen LogP contribution is -2.19. The van der Waals surface area contributed by atoms with Gasteiger partial charge in [0.2, 0.25) is 0 Å². The normalized spacial score (nSPS) is 12.9. The molecule has 0 aliphatic rings. The lowest BCUT2D eigenvalue weighted by atomic mass is 10.1. The average Bonchev–Trinajstić information content (AvgIpc) is 2.93. The summed E-state index contributed by atoms with van der Waals surface area (Å²) in [6.45, 7) is 2.11. The number of aryl methyl sites for hydroxylation is 2. The zero-order valence-corrected chi connectivity index (χ0v) is 11.7. The number of nitrogens with zero attached hydrogens (tertiary/aromatic N) is 2. The van der Waals surface area contributed by atoms with Crippen LogP contribution in [0.1, 0.15) is 29.9 Å². The number of halogens is 1. The number of furan rings is 1. The minimum atomic E-state index is 0.136. The van der Waals surface area contributed by atoms with E-state index in [9.17, 15) is 0 Å². The second-order valence-electron chi connectivity index (χ2n) is 4.30. The fourth-order valence-corrected chi connectivity index (χ4v) is 2.31. The highest BCUT2D eigenvalue weighted by Gasteiger charge is 2.17. The maximum absolute atomic E-state index is 6.02. The van der Waals surface area contributed by atoms with Crippen LogP contribution in [-0.2, 0) is 19.9 Å². The maximum atomic E-state index is 6.02. The maximum Gasteiger partial charge on any atom is 0.197 e. The monoisotopic (exact) mass is 267 g/mol. The van der Waals surface area contributed by atoms with Gasteiger partial charge in [0, 0.05) is 30.8 Å². The fraction of sp³-hybridized carbons (Fsp3) is 0.462. The van der Waals surface area contributed by atoms with Gasteiger partial charge in [-0.05, 0) is 37.2 Å². The molecular formula is C13H18ClN3O. The quantitative estimate of drug-likeness (QED) is 0.906. The van der Waals surface area contributed by atoms with Crippen LogP contribution in [0.5, 0.6) is 0 Å². The van der Waals surface area contributed by atoms with Crippen molar-refractivity contribution in [2.45, 2.75) is 25.8 Å². The van der Waals surface area contributed by atoms with Crippen molar-refractivity contribution in [3.63, 3.8) is 0 Å². The van der Waals surface area contributed by atoms with Crippen LogP contribution in [0.2, 0.25) is 5.22 Å². The van der Waals surface area contributed by atoms with E-state index in [1.54, 1.807) is 6.26 Å². The molecule has 0 amide bonds.